The topological polar surface area (TPSA) is 3.24 Å². The molecule has 0 fully saturated rings. The maximum absolute atomic E-state index is 2.25. The van der Waals surface area contributed by atoms with Crippen LogP contribution < -0.4 is 0 Å². The number of hydrogen-bond acceptors (Lipinski definition) is 1. The van der Waals surface area contributed by atoms with Gasteiger partial charge in [0.05, 0.1) is 0 Å². The SMILES string of the molecule is CN(C)CC1=[C]([Zr])CC=C1.Cl.Cl.Cl. The number of allylic oxidation sites excluding steroid dienone is 2. The first-order valence-electron chi connectivity index (χ1n) is 3.45. The first-order valence-corrected chi connectivity index (χ1v) is 4.68. The fourth-order valence-corrected chi connectivity index (χ4v) is 1.73. The Morgan fingerprint density at radius 3 is 2.15 bits per heavy atom. The van der Waals surface area contributed by atoms with E-state index in [1.54, 1.807) is 28.0 Å². The quantitative estimate of drug-likeness (QED) is 0.755. The van der Waals surface area contributed by atoms with Crippen molar-refractivity contribution < 1.29 is 24.7 Å². The molecule has 1 nitrogen and oxygen atoms in total. The zero-order chi connectivity index (χ0) is 7.56. The number of likely N-dealkylation sites (N-methyl/N-ethyl adjacent to an activating group) is 1. The van der Waals surface area contributed by atoms with E-state index in [0.29, 0.717) is 0 Å². The molecule has 0 aromatic rings. The molecule has 0 unspecified atom stereocenters. The maximum Gasteiger partial charge on any atom is -0.147 e. The van der Waals surface area contributed by atoms with Crippen LogP contribution in [-0.2, 0) is 24.7 Å². The van der Waals surface area contributed by atoms with Crippen molar-refractivity contribution in [3.8, 4) is 0 Å². The molecule has 0 radical (unpaired) electrons. The number of rotatable bonds is 2. The van der Waals surface area contributed by atoms with E-state index in [2.05, 4.69) is 31.1 Å². The minimum atomic E-state index is 0. The second kappa shape index (κ2) is 9.74. The molecule has 0 bridgehead atoms. The Labute approximate surface area is 114 Å². The Morgan fingerprint density at radius 1 is 1.31 bits per heavy atom. The molecule has 1 aliphatic rings. The van der Waals surface area contributed by atoms with Crippen LogP contribution in [0.5, 0.6) is 0 Å². The van der Waals surface area contributed by atoms with Crippen molar-refractivity contribution in [3.05, 3.63) is 21.0 Å². The molecule has 0 aliphatic heterocycles. The summed E-state index contributed by atoms with van der Waals surface area (Å²) in [5, 5.41) is 0. The second-order valence-electron chi connectivity index (χ2n) is 2.85. The summed E-state index contributed by atoms with van der Waals surface area (Å²) in [6.45, 7) is 1.11. The third-order valence-electron chi connectivity index (χ3n) is 1.52. The summed E-state index contributed by atoms with van der Waals surface area (Å²) < 4.78 is 1.61. The fraction of sp³-hybridized carbons (Fsp3) is 0.500. The van der Waals surface area contributed by atoms with Gasteiger partial charge in [-0.25, -0.2) is 0 Å². The van der Waals surface area contributed by atoms with E-state index in [0.717, 1.165) is 6.54 Å². The van der Waals surface area contributed by atoms with Crippen LogP contribution in [-0.4, -0.2) is 25.5 Å². The van der Waals surface area contributed by atoms with E-state index in [1.165, 1.54) is 12.0 Å². The molecule has 0 aromatic heterocycles. The van der Waals surface area contributed by atoms with Crippen LogP contribution >= 0.6 is 37.2 Å². The van der Waals surface area contributed by atoms with Gasteiger partial charge in [-0.2, -0.15) is 0 Å². The number of hydrogen-bond donors (Lipinski definition) is 0. The average Bonchev–Trinajstić information content (AvgIpc) is 2.15. The maximum atomic E-state index is 2.25. The van der Waals surface area contributed by atoms with Crippen molar-refractivity contribution in [2.24, 2.45) is 0 Å². The Bertz CT molecular complexity index is 190. The summed E-state index contributed by atoms with van der Waals surface area (Å²) >= 11 is 1.58. The van der Waals surface area contributed by atoms with Crippen LogP contribution in [0.25, 0.3) is 0 Å². The first kappa shape index (κ1) is 19.7. The molecule has 0 atom stereocenters. The summed E-state index contributed by atoms with van der Waals surface area (Å²) in [6, 6.07) is 0. The molecule has 0 spiro atoms. The minimum absolute atomic E-state index is 0. The van der Waals surface area contributed by atoms with Crippen LogP contribution in [0.2, 0.25) is 0 Å². The van der Waals surface area contributed by atoms with Crippen molar-refractivity contribution in [1.82, 2.24) is 4.90 Å². The molecule has 0 saturated heterocycles. The van der Waals surface area contributed by atoms with Crippen LogP contribution in [0.15, 0.2) is 21.0 Å². The molecule has 0 aromatic carbocycles. The summed E-state index contributed by atoms with van der Waals surface area (Å²) in [6.07, 6.45) is 5.70. The Balaban J connectivity index is -0.000000333. The molecule has 1 rings (SSSR count). The molecule has 5 heteroatoms. The standard InChI is InChI=1S/C8H12N.3ClH.Zr/c1-9(2)7-8-5-3-4-6-8;;;;/h3,5H,4,7H2,1-2H3;3*1H;. The molecule has 1 aliphatic carbocycles. The minimum Gasteiger partial charge on any atom is -0.147 e. The van der Waals surface area contributed by atoms with Gasteiger partial charge < -0.3 is 0 Å². The Morgan fingerprint density at radius 2 is 1.85 bits per heavy atom. The molecule has 0 N–H and O–H groups in total. The molecular weight excluding hydrogens is 308 g/mol. The van der Waals surface area contributed by atoms with Gasteiger partial charge in [0.1, 0.15) is 0 Å². The van der Waals surface area contributed by atoms with Crippen molar-refractivity contribution in [2.75, 3.05) is 20.6 Å². The molecule has 77 valence electrons. The molecule has 0 saturated carbocycles. The van der Waals surface area contributed by atoms with Gasteiger partial charge >= 0.3 is 77.7 Å². The van der Waals surface area contributed by atoms with E-state index < -0.39 is 0 Å². The van der Waals surface area contributed by atoms with Crippen LogP contribution in [0.4, 0.5) is 0 Å². The van der Waals surface area contributed by atoms with Crippen LogP contribution in [0.1, 0.15) is 6.42 Å². The van der Waals surface area contributed by atoms with E-state index in [9.17, 15) is 0 Å². The number of halogens is 3. The van der Waals surface area contributed by atoms with Gasteiger partial charge in [0.15, 0.2) is 0 Å². The molecule has 13 heavy (non-hydrogen) atoms. The van der Waals surface area contributed by atoms with Gasteiger partial charge in [-0.3, -0.25) is 0 Å². The van der Waals surface area contributed by atoms with Crippen molar-refractivity contribution in [1.29, 1.82) is 0 Å². The smallest absolute Gasteiger partial charge is 0.147 e. The normalized spacial score (nSPS) is 13.4. The summed E-state index contributed by atoms with van der Waals surface area (Å²) in [4.78, 5) is 2.22. The van der Waals surface area contributed by atoms with Gasteiger partial charge in [-0.05, 0) is 0 Å². The van der Waals surface area contributed by atoms with E-state index in [1.807, 2.05) is 0 Å². The van der Waals surface area contributed by atoms with E-state index >= 15 is 0 Å². The predicted octanol–water partition coefficient (Wildman–Crippen LogP) is 2.57. The zero-order valence-corrected chi connectivity index (χ0v) is 12.6. The number of nitrogens with zero attached hydrogens (tertiary/aromatic N) is 1. The van der Waals surface area contributed by atoms with Gasteiger partial charge in [-0.15, -0.1) is 37.2 Å². The Kier molecular flexibility index (Phi) is 14.8. The summed E-state index contributed by atoms with van der Waals surface area (Å²) in [5.74, 6) is 0. The third kappa shape index (κ3) is 7.16. The Hall–Kier alpha value is 1.19. The monoisotopic (exact) mass is 320 g/mol. The van der Waals surface area contributed by atoms with E-state index in [-0.39, 0.29) is 37.2 Å². The van der Waals surface area contributed by atoms with Crippen LogP contribution in [0.3, 0.4) is 0 Å². The first-order chi connectivity index (χ1) is 4.70. The third-order valence-corrected chi connectivity index (χ3v) is 2.81. The average molecular weight is 323 g/mol. The van der Waals surface area contributed by atoms with Gasteiger partial charge in [0.2, 0.25) is 0 Å². The molecular formula is C8H15Cl3NZr. The fourth-order valence-electron chi connectivity index (χ4n) is 1.04. The van der Waals surface area contributed by atoms with E-state index in [4.69, 9.17) is 0 Å². The van der Waals surface area contributed by atoms with Crippen molar-refractivity contribution in [2.45, 2.75) is 6.42 Å². The van der Waals surface area contributed by atoms with Gasteiger partial charge in [0.25, 0.3) is 0 Å². The zero-order valence-electron chi connectivity index (χ0n) is 7.74. The molecule has 0 heterocycles. The van der Waals surface area contributed by atoms with Gasteiger partial charge in [-0.1, -0.05) is 0 Å². The predicted molar refractivity (Wildman–Crippen MR) is 61.1 cm³/mol. The van der Waals surface area contributed by atoms with Crippen molar-refractivity contribution in [3.63, 3.8) is 0 Å². The molecule has 0 amide bonds. The largest absolute Gasteiger partial charge is 0.147 e. The summed E-state index contributed by atoms with van der Waals surface area (Å²) in [5.41, 5.74) is 1.53. The van der Waals surface area contributed by atoms with Gasteiger partial charge in [0, 0.05) is 0 Å². The van der Waals surface area contributed by atoms with Crippen molar-refractivity contribution >= 4 is 37.2 Å². The van der Waals surface area contributed by atoms with Crippen LogP contribution in [0, 0.1) is 0 Å². The summed E-state index contributed by atoms with van der Waals surface area (Å²) in [7, 11) is 4.23. The second-order valence-corrected chi connectivity index (χ2v) is 4.33.